The summed E-state index contributed by atoms with van der Waals surface area (Å²) in [5.41, 5.74) is -0.844. The van der Waals surface area contributed by atoms with E-state index in [-0.39, 0.29) is 24.9 Å². The second-order valence-corrected chi connectivity index (χ2v) is 9.68. The van der Waals surface area contributed by atoms with Crippen LogP contribution in [0.25, 0.3) is 0 Å². The van der Waals surface area contributed by atoms with E-state index in [1.807, 2.05) is 0 Å². The summed E-state index contributed by atoms with van der Waals surface area (Å²) in [7, 11) is 0. The van der Waals surface area contributed by atoms with Crippen LogP contribution < -0.4 is 0 Å². The largest absolute Gasteiger partial charge is 0.460 e. The summed E-state index contributed by atoms with van der Waals surface area (Å²) < 4.78 is 49.5. The molecule has 6 nitrogen and oxygen atoms in total. The summed E-state index contributed by atoms with van der Waals surface area (Å²) in [5.74, 6) is -3.76. The molecule has 1 aliphatic heterocycles. The monoisotopic (exact) mass is 435 g/mol. The summed E-state index contributed by atoms with van der Waals surface area (Å²) in [4.78, 5) is 39.4. The van der Waals surface area contributed by atoms with E-state index >= 15 is 0 Å². The molecule has 0 radical (unpaired) electrons. The van der Waals surface area contributed by atoms with Gasteiger partial charge in [-0.1, -0.05) is 26.7 Å². The van der Waals surface area contributed by atoms with Gasteiger partial charge < -0.3 is 9.47 Å². The highest BCUT2D eigenvalue weighted by Gasteiger charge is 2.48. The lowest BCUT2D eigenvalue weighted by atomic mass is 9.82. The van der Waals surface area contributed by atoms with Gasteiger partial charge in [-0.3, -0.25) is 9.59 Å². The molecular formula is C21H32F3NO5. The summed E-state index contributed by atoms with van der Waals surface area (Å²) in [6.45, 7) is 8.59. The van der Waals surface area contributed by atoms with Gasteiger partial charge in [-0.25, -0.2) is 9.69 Å². The van der Waals surface area contributed by atoms with Crippen LogP contribution in [0.4, 0.5) is 18.0 Å². The van der Waals surface area contributed by atoms with Gasteiger partial charge in [-0.2, -0.15) is 13.2 Å². The zero-order valence-electron chi connectivity index (χ0n) is 18.3. The lowest BCUT2D eigenvalue weighted by Gasteiger charge is -2.32. The Morgan fingerprint density at radius 3 is 2.23 bits per heavy atom. The van der Waals surface area contributed by atoms with E-state index in [0.29, 0.717) is 0 Å². The molecule has 2 aliphatic rings. The molecule has 2 amide bonds. The van der Waals surface area contributed by atoms with E-state index in [1.54, 1.807) is 34.6 Å². The average Bonchev–Trinajstić information content (AvgIpc) is 3.30. The Morgan fingerprint density at radius 2 is 1.77 bits per heavy atom. The Hall–Kier alpha value is -1.80. The number of nitrogens with zero attached hydrogens (tertiary/aromatic N) is 1. The van der Waals surface area contributed by atoms with Gasteiger partial charge >= 0.3 is 18.2 Å². The number of alkyl halides is 3. The third-order valence-corrected chi connectivity index (χ3v) is 5.45. The highest BCUT2D eigenvalue weighted by atomic mass is 19.4. The normalized spacial score (nSPS) is 22.1. The SMILES string of the molecule is CC(C)[C@H]1COC(=O)N1C(=O)[C@H](CCC(F)(F)F)[C@@H](CC1CC1)C(=O)OC(C)(C)C. The standard InChI is InChI=1S/C21H32F3NO5/c1-12(2)16-11-29-19(28)25(16)17(26)14(8-9-21(22,23)24)15(10-13-6-7-13)18(27)30-20(3,4)5/h12-16H,6-11H2,1-5H3/t14-,15-,16-/m1/s1. The fourth-order valence-corrected chi connectivity index (χ4v) is 3.69. The molecular weight excluding hydrogens is 403 g/mol. The predicted molar refractivity (Wildman–Crippen MR) is 102 cm³/mol. The first-order valence-electron chi connectivity index (χ1n) is 10.5. The molecule has 2 rings (SSSR count). The van der Waals surface area contributed by atoms with E-state index in [0.717, 1.165) is 17.7 Å². The van der Waals surface area contributed by atoms with Gasteiger partial charge in [0.1, 0.15) is 12.2 Å². The number of carbonyl (C=O) groups is 3. The maximum atomic E-state index is 13.4. The Kier molecular flexibility index (Phi) is 7.45. The Balaban J connectivity index is 2.35. The molecule has 172 valence electrons. The van der Waals surface area contributed by atoms with Crippen molar-refractivity contribution in [2.45, 2.75) is 84.5 Å². The Bertz CT molecular complexity index is 652. The number of rotatable bonds is 8. The van der Waals surface area contributed by atoms with Crippen LogP contribution in [0.15, 0.2) is 0 Å². The smallest absolute Gasteiger partial charge is 0.416 e. The van der Waals surface area contributed by atoms with Gasteiger partial charge in [0, 0.05) is 6.42 Å². The van der Waals surface area contributed by atoms with Gasteiger partial charge in [0.15, 0.2) is 0 Å². The second kappa shape index (κ2) is 9.14. The van der Waals surface area contributed by atoms with E-state index in [9.17, 15) is 27.6 Å². The zero-order chi connectivity index (χ0) is 22.9. The third kappa shape index (κ3) is 6.87. The van der Waals surface area contributed by atoms with Gasteiger partial charge in [0.05, 0.1) is 17.9 Å². The zero-order valence-corrected chi connectivity index (χ0v) is 18.3. The van der Waals surface area contributed by atoms with Crippen LogP contribution in [0.1, 0.15) is 66.7 Å². The molecule has 2 fully saturated rings. The van der Waals surface area contributed by atoms with Gasteiger partial charge in [-0.05, 0) is 45.4 Å². The number of hydrogen-bond acceptors (Lipinski definition) is 5. The molecule has 1 aliphatic carbocycles. The maximum Gasteiger partial charge on any atom is 0.416 e. The molecule has 30 heavy (non-hydrogen) atoms. The molecule has 1 saturated carbocycles. The van der Waals surface area contributed by atoms with Crippen LogP contribution in [0.5, 0.6) is 0 Å². The molecule has 9 heteroatoms. The lowest BCUT2D eigenvalue weighted by molar-refractivity contribution is -0.168. The average molecular weight is 435 g/mol. The maximum absolute atomic E-state index is 13.4. The highest BCUT2D eigenvalue weighted by molar-refractivity contribution is 5.96. The van der Waals surface area contributed by atoms with Crippen molar-refractivity contribution in [1.82, 2.24) is 4.90 Å². The Labute approximate surface area is 175 Å². The van der Waals surface area contributed by atoms with Crippen molar-refractivity contribution in [1.29, 1.82) is 0 Å². The minimum Gasteiger partial charge on any atom is -0.460 e. The van der Waals surface area contributed by atoms with Crippen LogP contribution in [0, 0.1) is 23.7 Å². The van der Waals surface area contributed by atoms with Crippen LogP contribution in [0.2, 0.25) is 0 Å². The summed E-state index contributed by atoms with van der Waals surface area (Å²) in [5, 5.41) is 0. The molecule has 1 saturated heterocycles. The van der Waals surface area contributed by atoms with Crippen LogP contribution >= 0.6 is 0 Å². The molecule has 3 atom stereocenters. The number of amides is 2. The summed E-state index contributed by atoms with van der Waals surface area (Å²) in [6.07, 6.45) is -5.15. The van der Waals surface area contributed by atoms with Crippen molar-refractivity contribution >= 4 is 18.0 Å². The Morgan fingerprint density at radius 1 is 1.17 bits per heavy atom. The molecule has 1 heterocycles. The number of ether oxygens (including phenoxy) is 2. The fourth-order valence-electron chi connectivity index (χ4n) is 3.69. The first-order chi connectivity index (χ1) is 13.7. The van der Waals surface area contributed by atoms with E-state index in [1.165, 1.54) is 0 Å². The molecule has 0 bridgehead atoms. The summed E-state index contributed by atoms with van der Waals surface area (Å²) in [6, 6.07) is -0.571. The molecule has 0 spiro atoms. The van der Waals surface area contributed by atoms with Crippen molar-refractivity contribution in [3.8, 4) is 0 Å². The second-order valence-electron chi connectivity index (χ2n) is 9.68. The molecule has 0 aromatic rings. The quantitative estimate of drug-likeness (QED) is 0.517. The predicted octanol–water partition coefficient (Wildman–Crippen LogP) is 4.71. The number of esters is 1. The number of imide groups is 1. The first-order valence-corrected chi connectivity index (χ1v) is 10.5. The van der Waals surface area contributed by atoms with E-state index in [4.69, 9.17) is 9.47 Å². The van der Waals surface area contributed by atoms with E-state index in [2.05, 4.69) is 0 Å². The first kappa shape index (κ1) is 24.5. The van der Waals surface area contributed by atoms with Gasteiger partial charge in [0.25, 0.3) is 0 Å². The number of hydrogen-bond donors (Lipinski definition) is 0. The van der Waals surface area contributed by atoms with Crippen molar-refractivity contribution in [3.63, 3.8) is 0 Å². The summed E-state index contributed by atoms with van der Waals surface area (Å²) >= 11 is 0. The molecule has 0 unspecified atom stereocenters. The van der Waals surface area contributed by atoms with Crippen LogP contribution in [-0.2, 0) is 19.1 Å². The van der Waals surface area contributed by atoms with Gasteiger partial charge in [-0.15, -0.1) is 0 Å². The molecule has 0 aromatic heterocycles. The van der Waals surface area contributed by atoms with Crippen molar-refractivity contribution in [2.75, 3.05) is 6.61 Å². The minimum absolute atomic E-state index is 0.00599. The van der Waals surface area contributed by atoms with E-state index < -0.39 is 60.5 Å². The van der Waals surface area contributed by atoms with Crippen molar-refractivity contribution in [2.24, 2.45) is 23.7 Å². The fraction of sp³-hybridized carbons (Fsp3) is 0.857. The van der Waals surface area contributed by atoms with Crippen molar-refractivity contribution < 1.29 is 37.0 Å². The molecule has 0 aromatic carbocycles. The number of carbonyl (C=O) groups excluding carboxylic acids is 3. The van der Waals surface area contributed by atoms with Gasteiger partial charge in [0.2, 0.25) is 5.91 Å². The third-order valence-electron chi connectivity index (χ3n) is 5.45. The van der Waals surface area contributed by atoms with Crippen LogP contribution in [-0.4, -0.2) is 47.3 Å². The minimum atomic E-state index is -4.49. The number of halogens is 3. The lowest BCUT2D eigenvalue weighted by Crippen LogP contribution is -2.48. The highest BCUT2D eigenvalue weighted by Crippen LogP contribution is 2.41. The van der Waals surface area contributed by atoms with Crippen LogP contribution in [0.3, 0.4) is 0 Å². The molecule has 0 N–H and O–H groups in total. The topological polar surface area (TPSA) is 72.9 Å². The van der Waals surface area contributed by atoms with Crippen molar-refractivity contribution in [3.05, 3.63) is 0 Å². The number of cyclic esters (lactones) is 1.